The second kappa shape index (κ2) is 5.73. The number of rotatable bonds is 4. The van der Waals surface area contributed by atoms with E-state index in [2.05, 4.69) is 27.3 Å². The zero-order chi connectivity index (χ0) is 13.2. The Kier molecular flexibility index (Phi) is 4.01. The van der Waals surface area contributed by atoms with Gasteiger partial charge >= 0.3 is 0 Å². The molecule has 1 aliphatic rings. The van der Waals surface area contributed by atoms with Gasteiger partial charge in [0.25, 0.3) is 0 Å². The topological polar surface area (TPSA) is 12.0 Å². The van der Waals surface area contributed by atoms with Crippen molar-refractivity contribution in [2.45, 2.75) is 32.4 Å². The van der Waals surface area contributed by atoms with Gasteiger partial charge < -0.3 is 5.32 Å². The molecule has 0 aliphatic heterocycles. The number of thiophene rings is 1. The van der Waals surface area contributed by atoms with Crippen molar-refractivity contribution in [3.05, 3.63) is 55.4 Å². The molecule has 0 fully saturated rings. The summed E-state index contributed by atoms with van der Waals surface area (Å²) in [4.78, 5) is 2.95. The van der Waals surface area contributed by atoms with Gasteiger partial charge in [0.2, 0.25) is 0 Å². The van der Waals surface area contributed by atoms with Gasteiger partial charge in [-0.3, -0.25) is 0 Å². The van der Waals surface area contributed by atoms with Crippen molar-refractivity contribution in [2.75, 3.05) is 0 Å². The van der Waals surface area contributed by atoms with Gasteiger partial charge in [-0.2, -0.15) is 0 Å². The number of benzene rings is 1. The molecule has 100 valence electrons. The fourth-order valence-electron chi connectivity index (χ4n) is 2.46. The van der Waals surface area contributed by atoms with E-state index in [-0.39, 0.29) is 5.82 Å². The van der Waals surface area contributed by atoms with Gasteiger partial charge in [-0.1, -0.05) is 6.07 Å². The van der Waals surface area contributed by atoms with E-state index in [1.807, 2.05) is 17.4 Å². The molecule has 0 radical (unpaired) electrons. The van der Waals surface area contributed by atoms with Crippen LogP contribution in [-0.4, -0.2) is 0 Å². The summed E-state index contributed by atoms with van der Waals surface area (Å²) in [5.74, 6) is -0.200. The zero-order valence-electron chi connectivity index (χ0n) is 10.5. The molecule has 0 saturated heterocycles. The molecule has 0 spiro atoms. The van der Waals surface area contributed by atoms with Gasteiger partial charge in [-0.25, -0.2) is 4.39 Å². The lowest BCUT2D eigenvalue weighted by atomic mass is 10.2. The molecule has 0 atom stereocenters. The van der Waals surface area contributed by atoms with E-state index in [1.54, 1.807) is 17.0 Å². The highest BCUT2D eigenvalue weighted by atomic mass is 79.9. The van der Waals surface area contributed by atoms with Crippen LogP contribution in [0.25, 0.3) is 0 Å². The van der Waals surface area contributed by atoms with Crippen LogP contribution >= 0.6 is 27.3 Å². The van der Waals surface area contributed by atoms with E-state index in [4.69, 9.17) is 0 Å². The Morgan fingerprint density at radius 2 is 2.11 bits per heavy atom. The Bertz CT molecular complexity index is 572. The fraction of sp³-hybridized carbons (Fsp3) is 0.333. The quantitative estimate of drug-likeness (QED) is 0.868. The van der Waals surface area contributed by atoms with Crippen LogP contribution in [0.4, 0.5) is 4.39 Å². The molecule has 3 rings (SSSR count). The maximum Gasteiger partial charge on any atom is 0.137 e. The molecule has 0 saturated carbocycles. The van der Waals surface area contributed by atoms with Crippen molar-refractivity contribution >= 4 is 27.3 Å². The minimum absolute atomic E-state index is 0.200. The number of fused-ring (bicyclic) bond motifs is 1. The van der Waals surface area contributed by atoms with Crippen LogP contribution in [0.3, 0.4) is 0 Å². The third-order valence-electron chi connectivity index (χ3n) is 3.41. The molecule has 0 bridgehead atoms. The van der Waals surface area contributed by atoms with E-state index >= 15 is 0 Å². The van der Waals surface area contributed by atoms with Crippen LogP contribution in [0.1, 0.15) is 27.3 Å². The number of nitrogens with one attached hydrogen (secondary N) is 1. The molecule has 1 aromatic carbocycles. The maximum atomic E-state index is 13.4. The van der Waals surface area contributed by atoms with Gasteiger partial charge in [0.15, 0.2) is 0 Å². The summed E-state index contributed by atoms with van der Waals surface area (Å²) in [7, 11) is 0. The Morgan fingerprint density at radius 1 is 1.21 bits per heavy atom. The summed E-state index contributed by atoms with van der Waals surface area (Å²) in [6, 6.07) is 7.59. The highest BCUT2D eigenvalue weighted by Gasteiger charge is 2.14. The van der Waals surface area contributed by atoms with Crippen molar-refractivity contribution in [2.24, 2.45) is 0 Å². The highest BCUT2D eigenvalue weighted by molar-refractivity contribution is 9.10. The lowest BCUT2D eigenvalue weighted by molar-refractivity contribution is 0.614. The Balaban J connectivity index is 1.56. The Labute approximate surface area is 125 Å². The SMILES string of the molecule is Fc1cc(CNCc2cc3c(s2)CCC3)ccc1Br. The molecule has 19 heavy (non-hydrogen) atoms. The summed E-state index contributed by atoms with van der Waals surface area (Å²) < 4.78 is 13.9. The lowest BCUT2D eigenvalue weighted by Gasteiger charge is -2.04. The van der Waals surface area contributed by atoms with Crippen LogP contribution in [0.2, 0.25) is 0 Å². The van der Waals surface area contributed by atoms with E-state index < -0.39 is 0 Å². The number of halogens is 2. The second-order valence-electron chi connectivity index (χ2n) is 4.87. The molecule has 0 amide bonds. The maximum absolute atomic E-state index is 13.4. The molecular formula is C15H15BrFNS. The first-order valence-corrected chi connectivity index (χ1v) is 8.08. The smallest absolute Gasteiger partial charge is 0.137 e. The Hall–Kier alpha value is -0.710. The van der Waals surface area contributed by atoms with Crippen molar-refractivity contribution in [3.63, 3.8) is 0 Å². The molecule has 1 heterocycles. The molecule has 4 heteroatoms. The molecule has 1 N–H and O–H groups in total. The Morgan fingerprint density at radius 3 is 2.89 bits per heavy atom. The van der Waals surface area contributed by atoms with Crippen molar-refractivity contribution in [1.29, 1.82) is 0 Å². The summed E-state index contributed by atoms with van der Waals surface area (Å²) >= 11 is 5.08. The standard InChI is InChI=1S/C15H15BrFNS/c16-13-5-4-10(6-14(13)17)8-18-9-12-7-11-2-1-3-15(11)19-12/h4-7,18H,1-3,8-9H2. The van der Waals surface area contributed by atoms with Crippen LogP contribution < -0.4 is 5.32 Å². The molecule has 0 unspecified atom stereocenters. The number of hydrogen-bond donors (Lipinski definition) is 1. The van der Waals surface area contributed by atoms with E-state index in [1.165, 1.54) is 29.7 Å². The van der Waals surface area contributed by atoms with E-state index in [0.29, 0.717) is 11.0 Å². The predicted molar refractivity (Wildman–Crippen MR) is 81.0 cm³/mol. The van der Waals surface area contributed by atoms with Crippen LogP contribution in [0.5, 0.6) is 0 Å². The lowest BCUT2D eigenvalue weighted by Crippen LogP contribution is -2.11. The zero-order valence-corrected chi connectivity index (χ0v) is 12.9. The molecule has 1 nitrogen and oxygen atoms in total. The highest BCUT2D eigenvalue weighted by Crippen LogP contribution is 2.30. The van der Waals surface area contributed by atoms with E-state index in [0.717, 1.165) is 12.1 Å². The van der Waals surface area contributed by atoms with Gasteiger partial charge in [-0.05, 0) is 64.5 Å². The summed E-state index contributed by atoms with van der Waals surface area (Å²) in [5.41, 5.74) is 2.52. The van der Waals surface area contributed by atoms with Crippen molar-refractivity contribution in [3.8, 4) is 0 Å². The monoisotopic (exact) mass is 339 g/mol. The molecule has 2 aromatic rings. The van der Waals surface area contributed by atoms with Crippen molar-refractivity contribution < 1.29 is 4.39 Å². The number of aryl methyl sites for hydroxylation is 2. The average Bonchev–Trinajstić information content (AvgIpc) is 2.94. The minimum atomic E-state index is -0.200. The van der Waals surface area contributed by atoms with Crippen LogP contribution in [0, 0.1) is 5.82 Å². The largest absolute Gasteiger partial charge is 0.308 e. The molecule has 1 aromatic heterocycles. The first-order chi connectivity index (χ1) is 9.22. The summed E-state index contributed by atoms with van der Waals surface area (Å²) in [6.07, 6.45) is 3.80. The van der Waals surface area contributed by atoms with Gasteiger partial charge in [0, 0.05) is 22.8 Å². The normalized spacial score (nSPS) is 13.8. The van der Waals surface area contributed by atoms with Gasteiger partial charge in [0.1, 0.15) is 5.82 Å². The minimum Gasteiger partial charge on any atom is -0.308 e. The van der Waals surface area contributed by atoms with Crippen molar-refractivity contribution in [1.82, 2.24) is 5.32 Å². The summed E-state index contributed by atoms with van der Waals surface area (Å²) in [5, 5.41) is 3.38. The first-order valence-electron chi connectivity index (χ1n) is 6.47. The molecular weight excluding hydrogens is 325 g/mol. The fourth-order valence-corrected chi connectivity index (χ4v) is 3.93. The third kappa shape index (κ3) is 3.07. The van der Waals surface area contributed by atoms with Gasteiger partial charge in [-0.15, -0.1) is 11.3 Å². The second-order valence-corrected chi connectivity index (χ2v) is 6.94. The molecule has 1 aliphatic carbocycles. The first kappa shape index (κ1) is 13.3. The van der Waals surface area contributed by atoms with Crippen LogP contribution in [-0.2, 0) is 25.9 Å². The average molecular weight is 340 g/mol. The number of hydrogen-bond acceptors (Lipinski definition) is 2. The van der Waals surface area contributed by atoms with Gasteiger partial charge in [0.05, 0.1) is 4.47 Å². The third-order valence-corrected chi connectivity index (χ3v) is 5.29. The predicted octanol–water partition coefficient (Wildman–Crippen LogP) is 4.43. The van der Waals surface area contributed by atoms with E-state index in [9.17, 15) is 4.39 Å². The van der Waals surface area contributed by atoms with Crippen LogP contribution in [0.15, 0.2) is 28.7 Å². The summed E-state index contributed by atoms with van der Waals surface area (Å²) in [6.45, 7) is 1.57.